The summed E-state index contributed by atoms with van der Waals surface area (Å²) in [5.41, 5.74) is 2.65. The third kappa shape index (κ3) is 5.74. The van der Waals surface area contributed by atoms with Crippen LogP contribution in [0.5, 0.6) is 0 Å². The van der Waals surface area contributed by atoms with Crippen molar-refractivity contribution in [2.24, 2.45) is 0 Å². The molecule has 0 unspecified atom stereocenters. The number of halogens is 1. The van der Waals surface area contributed by atoms with Crippen LogP contribution in [0.15, 0.2) is 72.8 Å². The van der Waals surface area contributed by atoms with Crippen LogP contribution in [0, 0.1) is 0 Å². The lowest BCUT2D eigenvalue weighted by Crippen LogP contribution is -2.23. The second kappa shape index (κ2) is 10.2. The first-order valence-electron chi connectivity index (χ1n) is 7.36. The number of hydrogen-bond donors (Lipinski definition) is 1. The van der Waals surface area contributed by atoms with Crippen molar-refractivity contribution in [2.45, 2.75) is 25.8 Å². The summed E-state index contributed by atoms with van der Waals surface area (Å²) in [5, 5.41) is 3.68. The Balaban J connectivity index is 0.00000220. The summed E-state index contributed by atoms with van der Waals surface area (Å²) >= 11 is 0. The molecule has 0 amide bonds. The van der Waals surface area contributed by atoms with E-state index in [4.69, 9.17) is 0 Å². The van der Waals surface area contributed by atoms with Crippen LogP contribution < -0.4 is 5.32 Å². The molecular formula is C19H24ClN. The van der Waals surface area contributed by atoms with E-state index in [2.05, 4.69) is 85.1 Å². The molecule has 0 aliphatic heterocycles. The summed E-state index contributed by atoms with van der Waals surface area (Å²) in [6, 6.07) is 21.6. The van der Waals surface area contributed by atoms with Crippen LogP contribution in [0.2, 0.25) is 0 Å². The summed E-state index contributed by atoms with van der Waals surface area (Å²) in [4.78, 5) is 0. The molecule has 0 fully saturated rings. The van der Waals surface area contributed by atoms with Gasteiger partial charge in [0.15, 0.2) is 0 Å². The van der Waals surface area contributed by atoms with E-state index < -0.39 is 0 Å². The van der Waals surface area contributed by atoms with E-state index in [1.807, 2.05) is 0 Å². The lowest BCUT2D eigenvalue weighted by molar-refractivity contribution is 0.586. The minimum absolute atomic E-state index is 0. The van der Waals surface area contributed by atoms with Gasteiger partial charge in [-0.05, 0) is 37.4 Å². The van der Waals surface area contributed by atoms with Crippen molar-refractivity contribution >= 4 is 12.4 Å². The molecule has 1 N–H and O–H groups in total. The van der Waals surface area contributed by atoms with Crippen molar-refractivity contribution in [1.82, 2.24) is 5.32 Å². The molecule has 2 heteroatoms. The molecular weight excluding hydrogens is 278 g/mol. The first-order chi connectivity index (χ1) is 9.92. The largest absolute Gasteiger partial charge is 0.306 e. The summed E-state index contributed by atoms with van der Waals surface area (Å²) in [6.07, 6.45) is 6.65. The van der Waals surface area contributed by atoms with E-state index in [0.717, 1.165) is 13.0 Å². The molecule has 0 spiro atoms. The molecule has 112 valence electrons. The van der Waals surface area contributed by atoms with Gasteiger partial charge >= 0.3 is 0 Å². The van der Waals surface area contributed by atoms with Gasteiger partial charge in [-0.2, -0.15) is 0 Å². The Hall–Kier alpha value is -1.57. The maximum absolute atomic E-state index is 3.68. The number of nitrogens with one attached hydrogen (secondary N) is 1. The molecule has 0 saturated carbocycles. The molecule has 21 heavy (non-hydrogen) atoms. The topological polar surface area (TPSA) is 12.0 Å². The second-order valence-electron chi connectivity index (χ2n) is 4.92. The molecule has 0 heterocycles. The van der Waals surface area contributed by atoms with Gasteiger partial charge in [0.05, 0.1) is 6.04 Å². The van der Waals surface area contributed by atoms with Crippen LogP contribution in [-0.2, 0) is 0 Å². The van der Waals surface area contributed by atoms with Crippen LogP contribution in [0.4, 0.5) is 0 Å². The Bertz CT molecular complexity index is 468. The van der Waals surface area contributed by atoms with Crippen LogP contribution in [0.25, 0.3) is 0 Å². The van der Waals surface area contributed by atoms with Gasteiger partial charge in [-0.3, -0.25) is 0 Å². The second-order valence-corrected chi connectivity index (χ2v) is 4.92. The van der Waals surface area contributed by atoms with Gasteiger partial charge in [0.1, 0.15) is 0 Å². The highest BCUT2D eigenvalue weighted by molar-refractivity contribution is 5.85. The maximum atomic E-state index is 3.68. The summed E-state index contributed by atoms with van der Waals surface area (Å²) in [5.74, 6) is 0. The highest BCUT2D eigenvalue weighted by Crippen LogP contribution is 2.21. The van der Waals surface area contributed by atoms with Gasteiger partial charge in [0.25, 0.3) is 0 Å². The highest BCUT2D eigenvalue weighted by atomic mass is 35.5. The van der Waals surface area contributed by atoms with Crippen molar-refractivity contribution < 1.29 is 0 Å². The van der Waals surface area contributed by atoms with Crippen molar-refractivity contribution in [3.8, 4) is 0 Å². The zero-order valence-electron chi connectivity index (χ0n) is 12.5. The summed E-state index contributed by atoms with van der Waals surface area (Å²) in [7, 11) is 0. The first kappa shape index (κ1) is 17.5. The van der Waals surface area contributed by atoms with Gasteiger partial charge in [-0.15, -0.1) is 12.4 Å². The SMILES string of the molecule is CC=CCCCNC(c1ccccc1)c1ccccc1.Cl. The molecule has 0 atom stereocenters. The lowest BCUT2D eigenvalue weighted by Gasteiger charge is -2.19. The number of rotatable bonds is 7. The molecule has 0 aliphatic rings. The van der Waals surface area contributed by atoms with E-state index in [1.165, 1.54) is 17.5 Å². The van der Waals surface area contributed by atoms with Gasteiger partial charge in [0.2, 0.25) is 0 Å². The molecule has 0 radical (unpaired) electrons. The number of hydrogen-bond acceptors (Lipinski definition) is 1. The predicted molar refractivity (Wildman–Crippen MR) is 94.0 cm³/mol. The van der Waals surface area contributed by atoms with Crippen LogP contribution in [0.3, 0.4) is 0 Å². The normalized spacial score (nSPS) is 10.8. The van der Waals surface area contributed by atoms with E-state index >= 15 is 0 Å². The zero-order chi connectivity index (χ0) is 14.0. The van der Waals surface area contributed by atoms with Crippen molar-refractivity contribution in [2.75, 3.05) is 6.54 Å². The van der Waals surface area contributed by atoms with Crippen LogP contribution in [0.1, 0.15) is 36.9 Å². The van der Waals surface area contributed by atoms with Crippen molar-refractivity contribution in [3.05, 3.63) is 83.9 Å². The van der Waals surface area contributed by atoms with Gasteiger partial charge in [-0.1, -0.05) is 72.8 Å². The van der Waals surface area contributed by atoms with E-state index in [1.54, 1.807) is 0 Å². The van der Waals surface area contributed by atoms with Crippen molar-refractivity contribution in [3.63, 3.8) is 0 Å². The highest BCUT2D eigenvalue weighted by Gasteiger charge is 2.11. The Morgan fingerprint density at radius 3 is 1.90 bits per heavy atom. The molecule has 0 aliphatic carbocycles. The third-order valence-corrected chi connectivity index (χ3v) is 3.40. The Kier molecular flexibility index (Phi) is 8.49. The van der Waals surface area contributed by atoms with Crippen LogP contribution >= 0.6 is 12.4 Å². The van der Waals surface area contributed by atoms with Crippen LogP contribution in [-0.4, -0.2) is 6.54 Å². The molecule has 0 saturated heterocycles. The average Bonchev–Trinajstić information content (AvgIpc) is 2.53. The molecule has 1 nitrogen and oxygen atoms in total. The number of benzene rings is 2. The predicted octanol–water partition coefficient (Wildman–Crippen LogP) is 5.14. The van der Waals surface area contributed by atoms with E-state index in [9.17, 15) is 0 Å². The fourth-order valence-corrected chi connectivity index (χ4v) is 2.35. The monoisotopic (exact) mass is 301 g/mol. The standard InChI is InChI=1S/C19H23N.ClH/c1-2-3-4-11-16-20-19(17-12-7-5-8-13-17)18-14-9-6-10-15-18;/h2-3,5-10,12-15,19-20H,4,11,16H2,1H3;1H. The van der Waals surface area contributed by atoms with Gasteiger partial charge < -0.3 is 5.32 Å². The molecule has 2 rings (SSSR count). The zero-order valence-corrected chi connectivity index (χ0v) is 13.4. The lowest BCUT2D eigenvalue weighted by atomic mass is 9.98. The summed E-state index contributed by atoms with van der Waals surface area (Å²) < 4.78 is 0. The van der Waals surface area contributed by atoms with Gasteiger partial charge in [0, 0.05) is 0 Å². The molecule has 2 aromatic carbocycles. The third-order valence-electron chi connectivity index (χ3n) is 3.40. The fraction of sp³-hybridized carbons (Fsp3) is 0.263. The quantitative estimate of drug-likeness (QED) is 0.551. The molecule has 2 aromatic rings. The minimum atomic E-state index is 0. The first-order valence-corrected chi connectivity index (χ1v) is 7.36. The van der Waals surface area contributed by atoms with Crippen molar-refractivity contribution in [1.29, 1.82) is 0 Å². The number of allylic oxidation sites excluding steroid dienone is 2. The summed E-state index contributed by atoms with van der Waals surface area (Å²) in [6.45, 7) is 3.10. The van der Waals surface area contributed by atoms with E-state index in [-0.39, 0.29) is 18.4 Å². The molecule has 0 aromatic heterocycles. The smallest absolute Gasteiger partial charge is 0.0576 e. The Labute approximate surface area is 134 Å². The molecule has 0 bridgehead atoms. The van der Waals surface area contributed by atoms with Gasteiger partial charge in [-0.25, -0.2) is 0 Å². The fourth-order valence-electron chi connectivity index (χ4n) is 2.35. The number of unbranched alkanes of at least 4 members (excludes halogenated alkanes) is 1. The maximum Gasteiger partial charge on any atom is 0.0576 e. The Morgan fingerprint density at radius 1 is 0.905 bits per heavy atom. The average molecular weight is 302 g/mol. The minimum Gasteiger partial charge on any atom is -0.306 e. The van der Waals surface area contributed by atoms with E-state index in [0.29, 0.717) is 0 Å². The Morgan fingerprint density at radius 2 is 1.43 bits per heavy atom.